The molecule has 7 nitrogen and oxygen atoms in total. The Kier molecular flexibility index (Phi) is 5.96. The number of hydrogen-bond donors (Lipinski definition) is 2. The summed E-state index contributed by atoms with van der Waals surface area (Å²) in [6.07, 6.45) is 5.69. The lowest BCUT2D eigenvalue weighted by molar-refractivity contribution is -0.118. The molecule has 3 N–H and O–H groups in total. The maximum atomic E-state index is 12.9. The summed E-state index contributed by atoms with van der Waals surface area (Å²) in [6, 6.07) is 0.281. The number of primary amides is 1. The molecule has 0 spiro atoms. The summed E-state index contributed by atoms with van der Waals surface area (Å²) < 4.78 is 2.02. The average molecular weight is 361 g/mol. The molecule has 0 unspecified atom stereocenters. The molecule has 0 bridgehead atoms. The van der Waals surface area contributed by atoms with Gasteiger partial charge in [-0.2, -0.15) is 5.10 Å². The largest absolute Gasteiger partial charge is 0.370 e. The number of rotatable bonds is 7. The van der Waals surface area contributed by atoms with Crippen molar-refractivity contribution in [3.63, 3.8) is 0 Å². The molecule has 1 aliphatic carbocycles. The number of amides is 2. The molecule has 0 aromatic carbocycles. The van der Waals surface area contributed by atoms with E-state index in [-0.39, 0.29) is 17.9 Å². The number of nitrogens with one attached hydrogen (secondary N) is 1. The lowest BCUT2D eigenvalue weighted by Gasteiger charge is -2.27. The van der Waals surface area contributed by atoms with Gasteiger partial charge in [-0.1, -0.05) is 26.7 Å². The highest BCUT2D eigenvalue weighted by molar-refractivity contribution is 5.94. The molecule has 1 saturated carbocycles. The summed E-state index contributed by atoms with van der Waals surface area (Å²) >= 11 is 0. The summed E-state index contributed by atoms with van der Waals surface area (Å²) in [7, 11) is 0. The first-order chi connectivity index (χ1) is 12.4. The normalized spacial score (nSPS) is 18.3. The van der Waals surface area contributed by atoms with Crippen molar-refractivity contribution in [2.75, 3.05) is 13.1 Å². The van der Waals surface area contributed by atoms with Crippen molar-refractivity contribution in [3.8, 4) is 0 Å². The SMILES string of the molecule is CC(C)Cn1nc(C(=O)NC2CCCC2)c2c1CCN(CCC(N)=O)C2. The van der Waals surface area contributed by atoms with Crippen molar-refractivity contribution >= 4 is 11.8 Å². The minimum absolute atomic E-state index is 0.0487. The quantitative estimate of drug-likeness (QED) is 0.768. The van der Waals surface area contributed by atoms with Gasteiger partial charge in [0.2, 0.25) is 5.91 Å². The monoisotopic (exact) mass is 361 g/mol. The number of nitrogens with two attached hydrogens (primary N) is 1. The number of hydrogen-bond acceptors (Lipinski definition) is 4. The molecule has 1 aliphatic heterocycles. The first kappa shape index (κ1) is 18.9. The smallest absolute Gasteiger partial charge is 0.272 e. The van der Waals surface area contributed by atoms with E-state index in [4.69, 9.17) is 5.73 Å². The first-order valence-electron chi connectivity index (χ1n) is 9.84. The lowest BCUT2D eigenvalue weighted by atomic mass is 10.0. The van der Waals surface area contributed by atoms with Crippen molar-refractivity contribution in [2.24, 2.45) is 11.7 Å². The maximum Gasteiger partial charge on any atom is 0.272 e. The van der Waals surface area contributed by atoms with Gasteiger partial charge in [0.25, 0.3) is 5.91 Å². The summed E-state index contributed by atoms with van der Waals surface area (Å²) in [4.78, 5) is 26.2. The van der Waals surface area contributed by atoms with Gasteiger partial charge in [0.15, 0.2) is 5.69 Å². The van der Waals surface area contributed by atoms with Crippen LogP contribution in [-0.4, -0.2) is 45.6 Å². The zero-order valence-corrected chi connectivity index (χ0v) is 16.0. The van der Waals surface area contributed by atoms with Crippen LogP contribution < -0.4 is 11.1 Å². The third-order valence-electron chi connectivity index (χ3n) is 5.33. The molecular formula is C19H31N5O2. The van der Waals surface area contributed by atoms with Gasteiger partial charge in [-0.25, -0.2) is 0 Å². The van der Waals surface area contributed by atoms with Gasteiger partial charge in [-0.05, 0) is 18.8 Å². The molecule has 1 fully saturated rings. The second kappa shape index (κ2) is 8.20. The molecule has 2 amide bonds. The zero-order chi connectivity index (χ0) is 18.7. The summed E-state index contributed by atoms with van der Waals surface area (Å²) in [5, 5.41) is 7.86. The number of aromatic nitrogens is 2. The average Bonchev–Trinajstić information content (AvgIpc) is 3.20. The molecule has 0 saturated heterocycles. The van der Waals surface area contributed by atoms with Crippen LogP contribution in [0.3, 0.4) is 0 Å². The van der Waals surface area contributed by atoms with Crippen LogP contribution in [0.5, 0.6) is 0 Å². The van der Waals surface area contributed by atoms with Gasteiger partial charge in [0.05, 0.1) is 0 Å². The highest BCUT2D eigenvalue weighted by Crippen LogP contribution is 2.25. The van der Waals surface area contributed by atoms with Gasteiger partial charge in [0.1, 0.15) is 0 Å². The molecule has 26 heavy (non-hydrogen) atoms. The first-order valence-corrected chi connectivity index (χ1v) is 9.84. The van der Waals surface area contributed by atoms with E-state index in [2.05, 4.69) is 29.2 Å². The van der Waals surface area contributed by atoms with Crippen LogP contribution in [0.15, 0.2) is 0 Å². The molecule has 1 aromatic rings. The van der Waals surface area contributed by atoms with E-state index >= 15 is 0 Å². The Hall–Kier alpha value is -1.89. The van der Waals surface area contributed by atoms with E-state index in [1.165, 1.54) is 18.5 Å². The fraction of sp³-hybridized carbons (Fsp3) is 0.737. The molecule has 3 rings (SSSR count). The number of fused-ring (bicyclic) bond motifs is 1. The molecule has 2 aliphatic rings. The van der Waals surface area contributed by atoms with Crippen molar-refractivity contribution in [1.29, 1.82) is 0 Å². The van der Waals surface area contributed by atoms with E-state index < -0.39 is 0 Å². The molecule has 0 atom stereocenters. The third-order valence-corrected chi connectivity index (χ3v) is 5.33. The Bertz CT molecular complexity index is 661. The highest BCUT2D eigenvalue weighted by atomic mass is 16.2. The van der Waals surface area contributed by atoms with Gasteiger partial charge in [-0.3, -0.25) is 19.2 Å². The van der Waals surface area contributed by atoms with Crippen LogP contribution in [0.25, 0.3) is 0 Å². The Labute approximate surface area is 155 Å². The van der Waals surface area contributed by atoms with Crippen molar-refractivity contribution in [1.82, 2.24) is 20.0 Å². The fourth-order valence-corrected chi connectivity index (χ4v) is 4.01. The van der Waals surface area contributed by atoms with E-state index in [1.807, 2.05) is 4.68 Å². The van der Waals surface area contributed by atoms with Crippen LogP contribution in [0, 0.1) is 5.92 Å². The molecular weight excluding hydrogens is 330 g/mol. The third kappa shape index (κ3) is 4.44. The Balaban J connectivity index is 1.80. The minimum atomic E-state index is -0.287. The van der Waals surface area contributed by atoms with Crippen molar-refractivity contribution in [2.45, 2.75) is 71.5 Å². The topological polar surface area (TPSA) is 93.2 Å². The van der Waals surface area contributed by atoms with E-state index in [9.17, 15) is 9.59 Å². The van der Waals surface area contributed by atoms with E-state index in [1.54, 1.807) is 0 Å². The van der Waals surface area contributed by atoms with Gasteiger partial charge >= 0.3 is 0 Å². The maximum absolute atomic E-state index is 12.9. The predicted molar refractivity (Wildman–Crippen MR) is 99.6 cm³/mol. The Morgan fingerprint density at radius 1 is 1.31 bits per heavy atom. The second-order valence-corrected chi connectivity index (χ2v) is 8.05. The standard InChI is InChI=1S/C19H31N5O2/c1-13(2)11-24-16-7-9-23(10-8-17(20)25)12-15(16)18(22-24)19(26)21-14-5-3-4-6-14/h13-14H,3-12H2,1-2H3,(H2,20,25)(H,21,26). The number of carbonyl (C=O) groups is 2. The second-order valence-electron chi connectivity index (χ2n) is 8.05. The lowest BCUT2D eigenvalue weighted by Crippen LogP contribution is -2.36. The fourth-order valence-electron chi connectivity index (χ4n) is 4.01. The predicted octanol–water partition coefficient (Wildman–Crippen LogP) is 1.45. The van der Waals surface area contributed by atoms with Crippen molar-refractivity contribution in [3.05, 3.63) is 17.0 Å². The molecule has 2 heterocycles. The molecule has 7 heteroatoms. The van der Waals surface area contributed by atoms with Gasteiger partial charge < -0.3 is 11.1 Å². The minimum Gasteiger partial charge on any atom is -0.370 e. The number of nitrogens with zero attached hydrogens (tertiary/aromatic N) is 3. The highest BCUT2D eigenvalue weighted by Gasteiger charge is 2.29. The summed E-state index contributed by atoms with van der Waals surface area (Å²) in [5.41, 5.74) is 8.05. The zero-order valence-electron chi connectivity index (χ0n) is 16.0. The summed E-state index contributed by atoms with van der Waals surface area (Å²) in [6.45, 7) is 7.30. The van der Waals surface area contributed by atoms with Crippen LogP contribution in [-0.2, 0) is 24.3 Å². The van der Waals surface area contributed by atoms with Crippen LogP contribution >= 0.6 is 0 Å². The van der Waals surface area contributed by atoms with Crippen LogP contribution in [0.1, 0.15) is 67.7 Å². The molecule has 1 aromatic heterocycles. The number of carbonyl (C=O) groups excluding carboxylic acids is 2. The Morgan fingerprint density at radius 3 is 2.69 bits per heavy atom. The molecule has 0 radical (unpaired) electrons. The van der Waals surface area contributed by atoms with Gasteiger partial charge in [-0.15, -0.1) is 0 Å². The van der Waals surface area contributed by atoms with Crippen LogP contribution in [0.2, 0.25) is 0 Å². The van der Waals surface area contributed by atoms with E-state index in [0.717, 1.165) is 37.9 Å². The van der Waals surface area contributed by atoms with E-state index in [0.29, 0.717) is 31.1 Å². The van der Waals surface area contributed by atoms with Gasteiger partial charge in [0, 0.05) is 56.3 Å². The van der Waals surface area contributed by atoms with Crippen LogP contribution in [0.4, 0.5) is 0 Å². The van der Waals surface area contributed by atoms with Crippen molar-refractivity contribution < 1.29 is 9.59 Å². The summed E-state index contributed by atoms with van der Waals surface area (Å²) in [5.74, 6) is 0.135. The Morgan fingerprint density at radius 2 is 2.04 bits per heavy atom. The molecule has 144 valence electrons.